The number of anilines is 1. The molecule has 0 fully saturated rings. The van der Waals surface area contributed by atoms with Crippen LogP contribution in [0.4, 0.5) is 5.95 Å². The van der Waals surface area contributed by atoms with Gasteiger partial charge in [-0.15, -0.1) is 0 Å². The molecule has 9 nitrogen and oxygen atoms in total. The largest absolute Gasteiger partial charge is 0.361 e. The summed E-state index contributed by atoms with van der Waals surface area (Å²) in [7, 11) is 1.96. The maximum Gasteiger partial charge on any atom is 0.225 e. The van der Waals surface area contributed by atoms with Crippen LogP contribution in [0.25, 0.3) is 22.6 Å². The highest BCUT2D eigenvalue weighted by atomic mass is 16.5. The quantitative estimate of drug-likeness (QED) is 0.544. The minimum atomic E-state index is 0.610. The molecule has 0 aliphatic rings. The summed E-state index contributed by atoms with van der Waals surface area (Å²) in [5.41, 5.74) is 5.00. The van der Waals surface area contributed by atoms with Crippen molar-refractivity contribution in [2.45, 2.75) is 27.2 Å². The van der Waals surface area contributed by atoms with E-state index >= 15 is 0 Å². The summed E-state index contributed by atoms with van der Waals surface area (Å²) < 4.78 is 10.8. The van der Waals surface area contributed by atoms with Crippen molar-refractivity contribution < 1.29 is 9.05 Å². The Bertz CT molecular complexity index is 1060. The monoisotopic (exact) mass is 379 g/mol. The Labute approximate surface area is 161 Å². The number of hydrogen-bond acceptors (Lipinski definition) is 8. The molecule has 0 atom stereocenters. The molecular weight excluding hydrogens is 358 g/mol. The molecule has 0 radical (unpaired) electrons. The second-order valence-electron chi connectivity index (χ2n) is 6.74. The average Bonchev–Trinajstić information content (AvgIpc) is 3.42. The van der Waals surface area contributed by atoms with E-state index in [9.17, 15) is 0 Å². The molecule has 4 heterocycles. The van der Waals surface area contributed by atoms with Gasteiger partial charge in [-0.05, 0) is 32.8 Å². The summed E-state index contributed by atoms with van der Waals surface area (Å²) in [6.45, 7) is 6.39. The van der Waals surface area contributed by atoms with Gasteiger partial charge < -0.3 is 13.9 Å². The van der Waals surface area contributed by atoms with Crippen LogP contribution < -0.4 is 4.90 Å². The lowest BCUT2D eigenvalue weighted by molar-refractivity contribution is 0.393. The van der Waals surface area contributed by atoms with Crippen molar-refractivity contribution in [3.8, 4) is 22.6 Å². The first-order valence-electron chi connectivity index (χ1n) is 8.95. The number of likely N-dealkylation sites (N-methyl/N-ethyl adjacent to an activating group) is 1. The third kappa shape index (κ3) is 3.38. The van der Waals surface area contributed by atoms with Crippen LogP contribution in [0.1, 0.15) is 22.7 Å². The van der Waals surface area contributed by atoms with Gasteiger partial charge in [-0.1, -0.05) is 10.3 Å². The molecule has 4 rings (SSSR count). The highest BCUT2D eigenvalue weighted by Gasteiger charge is 2.22. The van der Waals surface area contributed by atoms with Gasteiger partial charge in [0.2, 0.25) is 5.95 Å². The molecular formula is C19H21N7O2. The third-order valence-electron chi connectivity index (χ3n) is 4.57. The van der Waals surface area contributed by atoms with E-state index in [-0.39, 0.29) is 0 Å². The van der Waals surface area contributed by atoms with Crippen molar-refractivity contribution in [1.29, 1.82) is 0 Å². The highest BCUT2D eigenvalue weighted by Crippen LogP contribution is 2.35. The second-order valence-corrected chi connectivity index (χ2v) is 6.74. The van der Waals surface area contributed by atoms with E-state index in [1.54, 1.807) is 6.20 Å². The molecule has 1 N–H and O–H groups in total. The van der Waals surface area contributed by atoms with Crippen molar-refractivity contribution >= 4 is 5.95 Å². The minimum absolute atomic E-state index is 0.610. The zero-order valence-corrected chi connectivity index (χ0v) is 16.2. The van der Waals surface area contributed by atoms with Gasteiger partial charge in [-0.25, -0.2) is 9.97 Å². The van der Waals surface area contributed by atoms with Gasteiger partial charge in [0.1, 0.15) is 5.76 Å². The molecule has 144 valence electrons. The van der Waals surface area contributed by atoms with E-state index < -0.39 is 0 Å². The van der Waals surface area contributed by atoms with Crippen molar-refractivity contribution in [2.75, 3.05) is 18.5 Å². The first kappa shape index (κ1) is 17.9. The predicted octanol–water partition coefficient (Wildman–Crippen LogP) is 3.11. The van der Waals surface area contributed by atoms with Crippen molar-refractivity contribution in [2.24, 2.45) is 0 Å². The predicted molar refractivity (Wildman–Crippen MR) is 103 cm³/mol. The Morgan fingerprint density at radius 3 is 2.61 bits per heavy atom. The lowest BCUT2D eigenvalue weighted by atomic mass is 10.0. The number of hydrogen-bond donors (Lipinski definition) is 1. The molecule has 0 amide bonds. The van der Waals surface area contributed by atoms with Crippen LogP contribution in [0.2, 0.25) is 0 Å². The van der Waals surface area contributed by atoms with Gasteiger partial charge in [0, 0.05) is 32.1 Å². The zero-order valence-electron chi connectivity index (χ0n) is 16.2. The Hall–Kier alpha value is -3.49. The first-order chi connectivity index (χ1) is 13.5. The van der Waals surface area contributed by atoms with E-state index in [1.807, 2.05) is 51.2 Å². The number of H-pyrrole nitrogens is 1. The van der Waals surface area contributed by atoms with Crippen LogP contribution in [-0.4, -0.2) is 44.1 Å². The number of rotatable bonds is 6. The highest BCUT2D eigenvalue weighted by molar-refractivity contribution is 5.80. The van der Waals surface area contributed by atoms with E-state index in [0.717, 1.165) is 41.0 Å². The van der Waals surface area contributed by atoms with Gasteiger partial charge in [-0.3, -0.25) is 5.10 Å². The number of aromatic amines is 1. The fourth-order valence-corrected chi connectivity index (χ4v) is 3.05. The van der Waals surface area contributed by atoms with Crippen LogP contribution in [0.15, 0.2) is 33.7 Å². The summed E-state index contributed by atoms with van der Waals surface area (Å²) in [6.07, 6.45) is 6.30. The van der Waals surface area contributed by atoms with Gasteiger partial charge >= 0.3 is 0 Å². The number of nitrogens with zero attached hydrogens (tertiary/aromatic N) is 6. The average molecular weight is 379 g/mol. The van der Waals surface area contributed by atoms with Crippen LogP contribution in [0.5, 0.6) is 0 Å². The van der Waals surface area contributed by atoms with Crippen LogP contribution in [0, 0.1) is 20.8 Å². The van der Waals surface area contributed by atoms with Crippen LogP contribution in [-0.2, 0) is 6.42 Å². The second kappa shape index (κ2) is 7.26. The normalized spacial score (nSPS) is 11.1. The molecule has 4 aromatic heterocycles. The summed E-state index contributed by atoms with van der Waals surface area (Å²) in [4.78, 5) is 11.4. The minimum Gasteiger partial charge on any atom is -0.361 e. The first-order valence-corrected chi connectivity index (χ1v) is 8.95. The molecule has 0 saturated heterocycles. The molecule has 0 aliphatic heterocycles. The Kier molecular flexibility index (Phi) is 4.64. The van der Waals surface area contributed by atoms with Crippen LogP contribution in [0.3, 0.4) is 0 Å². The lowest BCUT2D eigenvalue weighted by Gasteiger charge is -2.18. The third-order valence-corrected chi connectivity index (χ3v) is 4.57. The SMILES string of the molecule is Cc1cc(-c2cnc(N(C)CCc3cn[nH]c3)nc2-c2c(C)noc2C)on1. The molecule has 9 heteroatoms. The van der Waals surface area contributed by atoms with E-state index in [4.69, 9.17) is 14.0 Å². The molecule has 28 heavy (non-hydrogen) atoms. The molecule has 4 aromatic rings. The van der Waals surface area contributed by atoms with E-state index in [2.05, 4.69) is 25.5 Å². The fourth-order valence-electron chi connectivity index (χ4n) is 3.05. The summed E-state index contributed by atoms with van der Waals surface area (Å²) in [5.74, 6) is 1.92. The molecule has 0 aromatic carbocycles. The zero-order chi connectivity index (χ0) is 19.7. The van der Waals surface area contributed by atoms with Crippen molar-refractivity contribution in [1.82, 2.24) is 30.5 Å². The maximum absolute atomic E-state index is 5.46. The van der Waals surface area contributed by atoms with Gasteiger partial charge in [-0.2, -0.15) is 5.10 Å². The number of aromatic nitrogens is 6. The van der Waals surface area contributed by atoms with Gasteiger partial charge in [0.15, 0.2) is 5.76 Å². The molecule has 0 spiro atoms. The van der Waals surface area contributed by atoms with Gasteiger partial charge in [0.25, 0.3) is 0 Å². The summed E-state index contributed by atoms with van der Waals surface area (Å²) >= 11 is 0. The molecule has 0 saturated carbocycles. The Balaban J connectivity index is 1.73. The van der Waals surface area contributed by atoms with E-state index in [0.29, 0.717) is 23.2 Å². The Morgan fingerprint density at radius 2 is 1.96 bits per heavy atom. The summed E-state index contributed by atoms with van der Waals surface area (Å²) in [5, 5.41) is 14.9. The standard InChI is InChI=1S/C19H21N7O2/c1-11-7-16(28-24-11)15-10-20-19(26(4)6-5-14-8-21-22-9-14)23-18(15)17-12(2)25-27-13(17)3/h7-10H,5-6H2,1-4H3,(H,21,22). The van der Waals surface area contributed by atoms with Crippen molar-refractivity contribution in [3.63, 3.8) is 0 Å². The number of aryl methyl sites for hydroxylation is 3. The summed E-state index contributed by atoms with van der Waals surface area (Å²) in [6, 6.07) is 1.86. The van der Waals surface area contributed by atoms with Gasteiger partial charge in [0.05, 0.1) is 34.4 Å². The maximum atomic E-state index is 5.46. The molecule has 0 aliphatic carbocycles. The lowest BCUT2D eigenvalue weighted by Crippen LogP contribution is -2.22. The topological polar surface area (TPSA) is 110 Å². The molecule has 0 unspecified atom stereocenters. The number of nitrogens with one attached hydrogen (secondary N) is 1. The van der Waals surface area contributed by atoms with Crippen LogP contribution >= 0.6 is 0 Å². The fraction of sp³-hybridized carbons (Fsp3) is 0.316. The van der Waals surface area contributed by atoms with E-state index in [1.165, 1.54) is 0 Å². The van der Waals surface area contributed by atoms with Crippen molar-refractivity contribution in [3.05, 3.63) is 47.4 Å². The Morgan fingerprint density at radius 1 is 1.11 bits per heavy atom. The smallest absolute Gasteiger partial charge is 0.225 e. The molecule has 0 bridgehead atoms.